The fraction of sp³-hybridized carbons (Fsp3) is 0.933. The molecule has 0 bridgehead atoms. The molecule has 2 N–H and O–H groups in total. The summed E-state index contributed by atoms with van der Waals surface area (Å²) in [5.41, 5.74) is 5.51. The van der Waals surface area contributed by atoms with Crippen LogP contribution in [0.4, 0.5) is 0 Å². The van der Waals surface area contributed by atoms with Crippen LogP contribution >= 0.6 is 0 Å². The third-order valence-electron chi connectivity index (χ3n) is 3.86. The molecular weight excluding hydrogens is 256 g/mol. The molecule has 1 amide bonds. The van der Waals surface area contributed by atoms with Crippen molar-refractivity contribution in [2.75, 3.05) is 26.3 Å². The van der Waals surface area contributed by atoms with Crippen LogP contribution in [0.3, 0.4) is 0 Å². The molecule has 0 aromatic carbocycles. The lowest BCUT2D eigenvalue weighted by atomic mass is 10.0. The maximum Gasteiger partial charge on any atom is 0.224 e. The normalized spacial score (nSPS) is 26.9. The molecule has 5 heteroatoms. The number of hydrogen-bond donors (Lipinski definition) is 1. The third-order valence-corrected chi connectivity index (χ3v) is 3.86. The van der Waals surface area contributed by atoms with Crippen LogP contribution in [0.5, 0.6) is 0 Å². The summed E-state index contributed by atoms with van der Waals surface area (Å²) in [6, 6.07) is 0. The van der Waals surface area contributed by atoms with E-state index >= 15 is 0 Å². The fourth-order valence-corrected chi connectivity index (χ4v) is 2.85. The van der Waals surface area contributed by atoms with Gasteiger partial charge in [0.25, 0.3) is 0 Å². The molecule has 5 nitrogen and oxygen atoms in total. The van der Waals surface area contributed by atoms with Gasteiger partial charge in [0.2, 0.25) is 5.91 Å². The van der Waals surface area contributed by atoms with Crippen molar-refractivity contribution in [3.8, 4) is 0 Å². The minimum atomic E-state index is -0.470. The van der Waals surface area contributed by atoms with E-state index in [-0.39, 0.29) is 18.1 Å². The standard InChI is InChI=1S/C15H28N2O3/c1-15(2,16)9-14(18)17(10-12-5-3-7-19-12)11-13-6-4-8-20-13/h12-13H,3-11,16H2,1-2H3. The molecule has 2 saturated heterocycles. The van der Waals surface area contributed by atoms with E-state index in [9.17, 15) is 4.79 Å². The van der Waals surface area contributed by atoms with Crippen LogP contribution in [-0.2, 0) is 14.3 Å². The molecule has 0 aromatic rings. The number of rotatable bonds is 6. The Morgan fingerprint density at radius 3 is 2.00 bits per heavy atom. The van der Waals surface area contributed by atoms with E-state index in [4.69, 9.17) is 15.2 Å². The molecule has 20 heavy (non-hydrogen) atoms. The number of hydrogen-bond acceptors (Lipinski definition) is 4. The Kier molecular flexibility index (Phi) is 5.41. The van der Waals surface area contributed by atoms with Crippen molar-refractivity contribution in [1.29, 1.82) is 0 Å². The lowest BCUT2D eigenvalue weighted by molar-refractivity contribution is -0.135. The van der Waals surface area contributed by atoms with Gasteiger partial charge in [-0.3, -0.25) is 4.79 Å². The van der Waals surface area contributed by atoms with E-state index in [1.807, 2.05) is 18.7 Å². The van der Waals surface area contributed by atoms with Crippen LogP contribution < -0.4 is 5.73 Å². The van der Waals surface area contributed by atoms with Gasteiger partial charge in [0, 0.05) is 38.3 Å². The van der Waals surface area contributed by atoms with Gasteiger partial charge >= 0.3 is 0 Å². The number of carbonyl (C=O) groups excluding carboxylic acids is 1. The first kappa shape index (κ1) is 15.7. The second-order valence-corrected chi connectivity index (χ2v) is 6.73. The van der Waals surface area contributed by atoms with Gasteiger partial charge < -0.3 is 20.1 Å². The number of amides is 1. The van der Waals surface area contributed by atoms with E-state index < -0.39 is 5.54 Å². The lowest BCUT2D eigenvalue weighted by Gasteiger charge is -2.30. The number of nitrogens with zero attached hydrogens (tertiary/aromatic N) is 1. The molecule has 0 spiro atoms. The average molecular weight is 284 g/mol. The molecule has 2 heterocycles. The largest absolute Gasteiger partial charge is 0.376 e. The zero-order chi connectivity index (χ0) is 14.6. The van der Waals surface area contributed by atoms with Crippen LogP contribution in [0.2, 0.25) is 0 Å². The summed E-state index contributed by atoms with van der Waals surface area (Å²) in [4.78, 5) is 14.4. The van der Waals surface area contributed by atoms with Crippen molar-refractivity contribution in [2.24, 2.45) is 5.73 Å². The maximum absolute atomic E-state index is 12.5. The summed E-state index contributed by atoms with van der Waals surface area (Å²) in [5.74, 6) is 0.114. The van der Waals surface area contributed by atoms with Gasteiger partial charge in [0.1, 0.15) is 0 Å². The Morgan fingerprint density at radius 2 is 1.65 bits per heavy atom. The minimum Gasteiger partial charge on any atom is -0.376 e. The Balaban J connectivity index is 1.92. The average Bonchev–Trinajstić information content (AvgIpc) is 2.98. The van der Waals surface area contributed by atoms with Gasteiger partial charge in [-0.1, -0.05) is 0 Å². The second-order valence-electron chi connectivity index (χ2n) is 6.73. The molecule has 0 aromatic heterocycles. The van der Waals surface area contributed by atoms with Gasteiger partial charge in [0.05, 0.1) is 12.2 Å². The van der Waals surface area contributed by atoms with E-state index in [2.05, 4.69) is 0 Å². The quantitative estimate of drug-likeness (QED) is 0.798. The highest BCUT2D eigenvalue weighted by atomic mass is 16.5. The van der Waals surface area contributed by atoms with Crippen molar-refractivity contribution in [3.63, 3.8) is 0 Å². The fourth-order valence-electron chi connectivity index (χ4n) is 2.85. The first-order valence-electron chi connectivity index (χ1n) is 7.74. The Labute approximate surface area is 121 Å². The highest BCUT2D eigenvalue weighted by Gasteiger charge is 2.28. The summed E-state index contributed by atoms with van der Waals surface area (Å²) in [7, 11) is 0. The molecule has 2 unspecified atom stereocenters. The molecule has 0 aliphatic carbocycles. The first-order chi connectivity index (χ1) is 9.44. The predicted molar refractivity (Wildman–Crippen MR) is 77.4 cm³/mol. The molecular formula is C15H28N2O3. The van der Waals surface area contributed by atoms with Crippen LogP contribution in [0, 0.1) is 0 Å². The molecule has 0 radical (unpaired) electrons. The van der Waals surface area contributed by atoms with Crippen molar-refractivity contribution < 1.29 is 14.3 Å². The van der Waals surface area contributed by atoms with Crippen LogP contribution in [0.25, 0.3) is 0 Å². The van der Waals surface area contributed by atoms with Crippen LogP contribution in [0.1, 0.15) is 46.0 Å². The molecule has 0 saturated carbocycles. The zero-order valence-electron chi connectivity index (χ0n) is 12.8. The summed E-state index contributed by atoms with van der Waals surface area (Å²) in [5, 5.41) is 0. The van der Waals surface area contributed by atoms with Crippen molar-refractivity contribution in [3.05, 3.63) is 0 Å². The van der Waals surface area contributed by atoms with E-state index in [1.165, 1.54) is 0 Å². The second kappa shape index (κ2) is 6.87. The lowest BCUT2D eigenvalue weighted by Crippen LogP contribution is -2.46. The molecule has 2 atom stereocenters. The number of ether oxygens (including phenoxy) is 2. The van der Waals surface area contributed by atoms with Gasteiger partial charge in [-0.15, -0.1) is 0 Å². The monoisotopic (exact) mass is 284 g/mol. The minimum absolute atomic E-state index is 0.114. The first-order valence-corrected chi connectivity index (χ1v) is 7.74. The van der Waals surface area contributed by atoms with Crippen molar-refractivity contribution in [2.45, 2.75) is 63.7 Å². The highest BCUT2D eigenvalue weighted by Crippen LogP contribution is 2.19. The Morgan fingerprint density at radius 1 is 1.15 bits per heavy atom. The van der Waals surface area contributed by atoms with Gasteiger partial charge in [-0.2, -0.15) is 0 Å². The molecule has 2 fully saturated rings. The molecule has 2 rings (SSSR count). The number of carbonyl (C=O) groups is 1. The highest BCUT2D eigenvalue weighted by molar-refractivity contribution is 5.77. The zero-order valence-corrected chi connectivity index (χ0v) is 12.8. The van der Waals surface area contributed by atoms with Gasteiger partial charge in [0.15, 0.2) is 0 Å². The van der Waals surface area contributed by atoms with Gasteiger partial charge in [-0.25, -0.2) is 0 Å². The number of nitrogens with two attached hydrogens (primary N) is 1. The van der Waals surface area contributed by atoms with Gasteiger partial charge in [-0.05, 0) is 39.5 Å². The van der Waals surface area contributed by atoms with E-state index in [1.54, 1.807) is 0 Å². The van der Waals surface area contributed by atoms with E-state index in [0.29, 0.717) is 19.5 Å². The smallest absolute Gasteiger partial charge is 0.224 e. The Hall–Kier alpha value is -0.650. The predicted octanol–water partition coefficient (Wildman–Crippen LogP) is 1.30. The topological polar surface area (TPSA) is 64.8 Å². The summed E-state index contributed by atoms with van der Waals surface area (Å²) in [6.07, 6.45) is 5.00. The third kappa shape index (κ3) is 5.04. The van der Waals surface area contributed by atoms with E-state index in [0.717, 1.165) is 38.9 Å². The Bertz CT molecular complexity index is 298. The summed E-state index contributed by atoms with van der Waals surface area (Å²) >= 11 is 0. The summed E-state index contributed by atoms with van der Waals surface area (Å²) in [6.45, 7) is 6.76. The van der Waals surface area contributed by atoms with Crippen molar-refractivity contribution in [1.82, 2.24) is 4.90 Å². The molecule has 2 aliphatic heterocycles. The molecule has 2 aliphatic rings. The maximum atomic E-state index is 12.5. The summed E-state index contributed by atoms with van der Waals surface area (Å²) < 4.78 is 11.3. The van der Waals surface area contributed by atoms with Crippen molar-refractivity contribution >= 4 is 5.91 Å². The molecule has 116 valence electrons. The SMILES string of the molecule is CC(C)(N)CC(=O)N(CC1CCCO1)CC1CCCO1. The van der Waals surface area contributed by atoms with Crippen LogP contribution in [-0.4, -0.2) is 54.9 Å². The van der Waals surface area contributed by atoms with Crippen LogP contribution in [0.15, 0.2) is 0 Å².